The van der Waals surface area contributed by atoms with Crippen LogP contribution < -0.4 is 5.32 Å². The molecule has 9 heteroatoms. The van der Waals surface area contributed by atoms with Crippen molar-refractivity contribution in [3.63, 3.8) is 0 Å². The maximum absolute atomic E-state index is 12.6. The van der Waals surface area contributed by atoms with Gasteiger partial charge in [0.2, 0.25) is 0 Å². The third-order valence-electron chi connectivity index (χ3n) is 4.54. The Kier molecular flexibility index (Phi) is 7.31. The van der Waals surface area contributed by atoms with Crippen LogP contribution in [0, 0.1) is 11.3 Å². The van der Waals surface area contributed by atoms with Crippen molar-refractivity contribution >= 4 is 67.6 Å². The van der Waals surface area contributed by atoms with E-state index in [1.165, 1.54) is 17.4 Å². The lowest BCUT2D eigenvalue weighted by Crippen LogP contribution is -2.13. The molecule has 0 unspecified atom stereocenters. The smallest absolute Gasteiger partial charge is 0.268 e. The lowest BCUT2D eigenvalue weighted by Gasteiger charge is -2.01. The molecule has 0 fully saturated rings. The molecule has 0 aliphatic heterocycles. The fourth-order valence-electron chi connectivity index (χ4n) is 2.97. The number of halogens is 3. The lowest BCUT2D eigenvalue weighted by molar-refractivity contribution is -0.112. The average molecular weight is 559 g/mol. The number of nitriles is 1. The number of aromatic nitrogens is 1. The van der Waals surface area contributed by atoms with Gasteiger partial charge in [0.15, 0.2) is 5.13 Å². The van der Waals surface area contributed by atoms with Gasteiger partial charge in [-0.25, -0.2) is 4.98 Å². The Hall–Kier alpha value is -2.89. The van der Waals surface area contributed by atoms with Crippen molar-refractivity contribution in [1.82, 2.24) is 4.98 Å². The predicted octanol–water partition coefficient (Wildman–Crippen LogP) is 7.61. The number of rotatable bonds is 6. The topological polar surface area (TPSA) is 78.9 Å². The molecule has 0 saturated carbocycles. The van der Waals surface area contributed by atoms with Crippen molar-refractivity contribution in [2.75, 3.05) is 5.32 Å². The quantitative estimate of drug-likeness (QED) is 0.195. The first-order valence-electron chi connectivity index (χ1n) is 9.59. The van der Waals surface area contributed by atoms with Crippen LogP contribution in [0.5, 0.6) is 0 Å². The first-order valence-corrected chi connectivity index (χ1v) is 12.0. The summed E-state index contributed by atoms with van der Waals surface area (Å²) < 4.78 is 6.76. The molecule has 4 aromatic rings. The molecule has 0 atom stereocenters. The Bertz CT molecular complexity index is 1390. The minimum absolute atomic E-state index is 0.113. The van der Waals surface area contributed by atoms with Crippen molar-refractivity contribution < 1.29 is 9.21 Å². The van der Waals surface area contributed by atoms with E-state index < -0.39 is 5.91 Å². The number of benzene rings is 2. The van der Waals surface area contributed by atoms with Crippen LogP contribution in [0.3, 0.4) is 0 Å². The highest BCUT2D eigenvalue weighted by atomic mass is 79.9. The number of thiazole rings is 1. The Labute approximate surface area is 212 Å². The lowest BCUT2D eigenvalue weighted by atomic mass is 10.1. The van der Waals surface area contributed by atoms with Crippen LogP contribution in [0.25, 0.3) is 17.4 Å². The summed E-state index contributed by atoms with van der Waals surface area (Å²) in [5, 5.41) is 13.6. The van der Waals surface area contributed by atoms with Crippen LogP contribution in [-0.4, -0.2) is 10.9 Å². The molecule has 0 aliphatic carbocycles. The van der Waals surface area contributed by atoms with Gasteiger partial charge in [0.1, 0.15) is 23.2 Å². The summed E-state index contributed by atoms with van der Waals surface area (Å²) in [7, 11) is 0. The van der Waals surface area contributed by atoms with Crippen molar-refractivity contribution in [3.05, 3.63) is 97.1 Å². The Balaban J connectivity index is 1.46. The summed E-state index contributed by atoms with van der Waals surface area (Å²) in [6.07, 6.45) is 3.78. The van der Waals surface area contributed by atoms with E-state index in [1.807, 2.05) is 30.3 Å². The van der Waals surface area contributed by atoms with Crippen LogP contribution in [0.15, 0.2) is 75.3 Å². The molecule has 4 rings (SSSR count). The minimum atomic E-state index is -0.569. The molecule has 2 heterocycles. The van der Waals surface area contributed by atoms with E-state index >= 15 is 0 Å². The second-order valence-corrected chi connectivity index (χ2v) is 9.76. The van der Waals surface area contributed by atoms with Crippen LogP contribution >= 0.6 is 50.5 Å². The number of nitrogens with one attached hydrogen (secondary N) is 1. The number of hydrogen-bond acceptors (Lipinski definition) is 5. The molecule has 0 aliphatic rings. The molecular weight excluding hydrogens is 545 g/mol. The number of carbonyl (C=O) groups is 1. The molecule has 0 spiro atoms. The van der Waals surface area contributed by atoms with Gasteiger partial charge in [-0.05, 0) is 48.0 Å². The summed E-state index contributed by atoms with van der Waals surface area (Å²) in [4.78, 5) is 17.8. The fraction of sp³-hybridized carbons (Fsp3) is 0.0417. The molecule has 2 aromatic carbocycles. The first kappa shape index (κ1) is 23.3. The second kappa shape index (κ2) is 10.4. The van der Waals surface area contributed by atoms with E-state index in [1.54, 1.807) is 36.5 Å². The molecule has 164 valence electrons. The van der Waals surface area contributed by atoms with Gasteiger partial charge in [0, 0.05) is 38.6 Å². The second-order valence-electron chi connectivity index (χ2n) is 6.89. The third kappa shape index (κ3) is 5.92. The Morgan fingerprint density at radius 2 is 1.97 bits per heavy atom. The van der Waals surface area contributed by atoms with E-state index in [9.17, 15) is 10.1 Å². The van der Waals surface area contributed by atoms with Crippen molar-refractivity contribution in [3.8, 4) is 17.4 Å². The van der Waals surface area contributed by atoms with Gasteiger partial charge in [0.25, 0.3) is 5.91 Å². The van der Waals surface area contributed by atoms with Crippen molar-refractivity contribution in [2.24, 2.45) is 0 Å². The highest BCUT2D eigenvalue weighted by molar-refractivity contribution is 9.10. The summed E-state index contributed by atoms with van der Waals surface area (Å²) >= 11 is 17.0. The number of hydrogen-bond donors (Lipinski definition) is 1. The van der Waals surface area contributed by atoms with Crippen LogP contribution in [-0.2, 0) is 11.2 Å². The number of furan rings is 1. The zero-order chi connectivity index (χ0) is 23.4. The van der Waals surface area contributed by atoms with Gasteiger partial charge in [-0.2, -0.15) is 5.26 Å². The first-order chi connectivity index (χ1) is 15.9. The van der Waals surface area contributed by atoms with Crippen molar-refractivity contribution in [1.29, 1.82) is 5.26 Å². The van der Waals surface area contributed by atoms with E-state index in [2.05, 4.69) is 26.2 Å². The third-order valence-corrected chi connectivity index (χ3v) is 6.54. The largest absolute Gasteiger partial charge is 0.457 e. The number of anilines is 1. The molecule has 1 N–H and O–H groups in total. The molecule has 2 aromatic heterocycles. The predicted molar refractivity (Wildman–Crippen MR) is 135 cm³/mol. The zero-order valence-corrected chi connectivity index (χ0v) is 20.7. The summed E-state index contributed by atoms with van der Waals surface area (Å²) in [6, 6.07) is 18.3. The molecule has 0 radical (unpaired) electrons. The average Bonchev–Trinajstić information content (AvgIpc) is 3.44. The highest BCUT2D eigenvalue weighted by Crippen LogP contribution is 2.32. The molecule has 0 bridgehead atoms. The molecule has 1 amide bonds. The minimum Gasteiger partial charge on any atom is -0.457 e. The van der Waals surface area contributed by atoms with Crippen LogP contribution in [0.2, 0.25) is 10.0 Å². The maximum Gasteiger partial charge on any atom is 0.268 e. The standard InChI is InChI=1S/C24H14BrCl2N3O2S/c25-16-3-1-14(2-4-16)9-19-13-29-24(33-19)30-23(31)15(12-28)10-18-6-8-22(32-18)20-11-17(26)5-7-21(20)27/h1-8,10-11,13H,9H2,(H,29,30,31)/b15-10-. The zero-order valence-electron chi connectivity index (χ0n) is 16.8. The van der Waals surface area contributed by atoms with E-state index in [0.717, 1.165) is 14.9 Å². The molecule has 33 heavy (non-hydrogen) atoms. The van der Waals surface area contributed by atoms with Crippen molar-refractivity contribution in [2.45, 2.75) is 6.42 Å². The van der Waals surface area contributed by atoms with Gasteiger partial charge >= 0.3 is 0 Å². The van der Waals surface area contributed by atoms with Crippen LogP contribution in [0.4, 0.5) is 5.13 Å². The SMILES string of the molecule is N#C/C(=C/c1ccc(-c2cc(Cl)ccc2Cl)o1)C(=O)Nc1ncc(Cc2ccc(Br)cc2)s1. The summed E-state index contributed by atoms with van der Waals surface area (Å²) in [5.41, 5.74) is 1.64. The molecular formula is C24H14BrCl2N3O2S. The maximum atomic E-state index is 12.6. The van der Waals surface area contributed by atoms with Gasteiger partial charge in [0.05, 0.1) is 5.02 Å². The summed E-state index contributed by atoms with van der Waals surface area (Å²) in [6.45, 7) is 0. The fourth-order valence-corrected chi connectivity index (χ4v) is 4.46. The molecule has 5 nitrogen and oxygen atoms in total. The van der Waals surface area contributed by atoms with Crippen LogP contribution in [0.1, 0.15) is 16.2 Å². The normalized spacial score (nSPS) is 11.3. The Morgan fingerprint density at radius 1 is 1.18 bits per heavy atom. The highest BCUT2D eigenvalue weighted by Gasteiger charge is 2.14. The van der Waals surface area contributed by atoms with Gasteiger partial charge in [-0.15, -0.1) is 11.3 Å². The number of nitrogens with zero attached hydrogens (tertiary/aromatic N) is 2. The van der Waals surface area contributed by atoms with E-state index in [0.29, 0.717) is 38.7 Å². The monoisotopic (exact) mass is 557 g/mol. The number of carbonyl (C=O) groups excluding carboxylic acids is 1. The van der Waals surface area contributed by atoms with Gasteiger partial charge in [-0.1, -0.05) is 51.3 Å². The summed E-state index contributed by atoms with van der Waals surface area (Å²) in [5.74, 6) is 0.243. The van der Waals surface area contributed by atoms with Gasteiger partial charge in [-0.3, -0.25) is 10.1 Å². The van der Waals surface area contributed by atoms with E-state index in [4.69, 9.17) is 27.6 Å². The van der Waals surface area contributed by atoms with E-state index in [-0.39, 0.29) is 5.57 Å². The Morgan fingerprint density at radius 3 is 2.73 bits per heavy atom. The number of amides is 1. The molecule has 0 saturated heterocycles. The van der Waals surface area contributed by atoms with Gasteiger partial charge < -0.3 is 4.42 Å².